The van der Waals surface area contributed by atoms with Crippen LogP contribution in [0.5, 0.6) is 5.75 Å². The highest BCUT2D eigenvalue weighted by molar-refractivity contribution is 7.89. The molecule has 2 aromatic rings. The molecule has 0 unspecified atom stereocenters. The first-order valence-corrected chi connectivity index (χ1v) is 10.9. The molecule has 0 saturated carbocycles. The summed E-state index contributed by atoms with van der Waals surface area (Å²) in [5.74, 6) is -0.869. The van der Waals surface area contributed by atoms with E-state index in [1.54, 1.807) is 0 Å². The molecule has 6 nitrogen and oxygen atoms in total. The quantitative estimate of drug-likeness (QED) is 0.780. The number of halogens is 1. The van der Waals surface area contributed by atoms with Gasteiger partial charge >= 0.3 is 0 Å². The molecule has 1 aliphatic heterocycles. The highest BCUT2D eigenvalue weighted by Gasteiger charge is 2.33. The number of piperidine rings is 1. The fourth-order valence-corrected chi connectivity index (χ4v) is 5.14. The van der Waals surface area contributed by atoms with E-state index in [-0.39, 0.29) is 35.6 Å². The average molecular weight is 421 g/mol. The number of carbonyl (C=O) groups is 1. The number of carbonyl (C=O) groups excluding carboxylic acids is 1. The van der Waals surface area contributed by atoms with Crippen LogP contribution in [0.2, 0.25) is 0 Å². The van der Waals surface area contributed by atoms with Crippen LogP contribution in [-0.4, -0.2) is 38.8 Å². The number of hydrogen-bond acceptors (Lipinski definition) is 4. The molecule has 8 heteroatoms. The second-order valence-electron chi connectivity index (χ2n) is 7.18. The summed E-state index contributed by atoms with van der Waals surface area (Å²) in [6.07, 6.45) is 0.826. The van der Waals surface area contributed by atoms with Crippen LogP contribution in [0.25, 0.3) is 0 Å². The van der Waals surface area contributed by atoms with Gasteiger partial charge in [-0.15, -0.1) is 0 Å². The summed E-state index contributed by atoms with van der Waals surface area (Å²) in [6.45, 7) is 2.84. The van der Waals surface area contributed by atoms with Gasteiger partial charge in [0.05, 0.1) is 7.11 Å². The molecule has 1 amide bonds. The molecule has 0 aromatic heterocycles. The van der Waals surface area contributed by atoms with Crippen molar-refractivity contribution in [2.75, 3.05) is 20.2 Å². The largest absolute Gasteiger partial charge is 0.495 e. The third-order valence-corrected chi connectivity index (χ3v) is 7.04. The minimum absolute atomic E-state index is 0.0770. The Hall–Kier alpha value is -2.45. The number of benzene rings is 2. The zero-order valence-corrected chi connectivity index (χ0v) is 17.3. The third kappa shape index (κ3) is 4.94. The van der Waals surface area contributed by atoms with Crippen molar-refractivity contribution in [2.24, 2.45) is 5.92 Å². The van der Waals surface area contributed by atoms with Crippen LogP contribution < -0.4 is 10.1 Å². The molecule has 1 heterocycles. The number of aryl methyl sites for hydroxylation is 1. The lowest BCUT2D eigenvalue weighted by Gasteiger charge is -2.31. The minimum atomic E-state index is -3.90. The summed E-state index contributed by atoms with van der Waals surface area (Å²) in [6, 6.07) is 11.3. The molecule has 1 aliphatic rings. The molecule has 0 spiro atoms. The lowest BCUT2D eigenvalue weighted by Crippen LogP contribution is -2.43. The van der Waals surface area contributed by atoms with E-state index in [1.165, 1.54) is 17.5 Å². The summed E-state index contributed by atoms with van der Waals surface area (Å²) < 4.78 is 45.8. The first-order chi connectivity index (χ1) is 13.8. The molecule has 0 atom stereocenters. The number of rotatable bonds is 6. The maximum Gasteiger partial charge on any atom is 0.246 e. The van der Waals surface area contributed by atoms with Gasteiger partial charge in [-0.05, 0) is 43.5 Å². The Balaban J connectivity index is 1.61. The van der Waals surface area contributed by atoms with Crippen molar-refractivity contribution in [3.8, 4) is 5.75 Å². The van der Waals surface area contributed by atoms with Crippen LogP contribution in [0.4, 0.5) is 4.39 Å². The molecule has 0 bridgehead atoms. The van der Waals surface area contributed by atoms with Gasteiger partial charge in [0.2, 0.25) is 15.9 Å². The molecule has 0 aliphatic carbocycles. The molecule has 0 radical (unpaired) electrons. The van der Waals surface area contributed by atoms with Gasteiger partial charge in [0.15, 0.2) is 0 Å². The molecule has 29 heavy (non-hydrogen) atoms. The number of sulfonamides is 1. The summed E-state index contributed by atoms with van der Waals surface area (Å²) in [5, 5.41) is 2.93. The second kappa shape index (κ2) is 8.92. The Labute approximate surface area is 170 Å². The lowest BCUT2D eigenvalue weighted by atomic mass is 9.97. The summed E-state index contributed by atoms with van der Waals surface area (Å²) in [4.78, 5) is 12.3. The number of amides is 1. The number of nitrogens with one attached hydrogen (secondary N) is 1. The maximum absolute atomic E-state index is 13.6. The van der Waals surface area contributed by atoms with E-state index in [0.29, 0.717) is 19.4 Å². The van der Waals surface area contributed by atoms with Gasteiger partial charge in [0.25, 0.3) is 0 Å². The standard InChI is InChI=1S/C21H25FN2O4S/c1-15-4-3-5-16(12-15)14-23-21(25)17-8-10-24(11-9-17)29(26,27)20-13-18(22)6-7-19(20)28-2/h3-7,12-13,17H,8-11,14H2,1-2H3,(H,23,25). The predicted octanol–water partition coefficient (Wildman–Crippen LogP) is 2.86. The SMILES string of the molecule is COc1ccc(F)cc1S(=O)(=O)N1CCC(C(=O)NCc2cccc(C)c2)CC1. The fraction of sp³-hybridized carbons (Fsp3) is 0.381. The number of nitrogens with zero attached hydrogens (tertiary/aromatic N) is 1. The highest BCUT2D eigenvalue weighted by Crippen LogP contribution is 2.30. The summed E-state index contributed by atoms with van der Waals surface area (Å²) >= 11 is 0. The Kier molecular flexibility index (Phi) is 6.54. The molecule has 1 saturated heterocycles. The summed E-state index contributed by atoms with van der Waals surface area (Å²) in [7, 11) is -2.56. The normalized spacial score (nSPS) is 15.8. The van der Waals surface area contributed by atoms with E-state index in [2.05, 4.69) is 5.32 Å². The highest BCUT2D eigenvalue weighted by atomic mass is 32.2. The van der Waals surface area contributed by atoms with Crippen LogP contribution in [0, 0.1) is 18.7 Å². The van der Waals surface area contributed by atoms with Crippen molar-refractivity contribution in [2.45, 2.75) is 31.2 Å². The van der Waals surface area contributed by atoms with Crippen molar-refractivity contribution in [3.05, 3.63) is 59.4 Å². The minimum Gasteiger partial charge on any atom is -0.495 e. The Morgan fingerprint density at radius 2 is 1.93 bits per heavy atom. The van der Waals surface area contributed by atoms with Gasteiger partial charge in [-0.25, -0.2) is 12.8 Å². The van der Waals surface area contributed by atoms with E-state index >= 15 is 0 Å². The van der Waals surface area contributed by atoms with Gasteiger partial charge in [-0.1, -0.05) is 29.8 Å². The molecule has 1 fully saturated rings. The van der Waals surface area contributed by atoms with E-state index in [0.717, 1.165) is 23.3 Å². The van der Waals surface area contributed by atoms with Crippen LogP contribution in [0.1, 0.15) is 24.0 Å². The molecule has 156 valence electrons. The lowest BCUT2D eigenvalue weighted by molar-refractivity contribution is -0.126. The Bertz CT molecular complexity index is 986. The monoisotopic (exact) mass is 420 g/mol. The van der Waals surface area contributed by atoms with Gasteiger partial charge in [0, 0.05) is 25.6 Å². The van der Waals surface area contributed by atoms with Crippen LogP contribution >= 0.6 is 0 Å². The van der Waals surface area contributed by atoms with Crippen LogP contribution in [-0.2, 0) is 21.4 Å². The van der Waals surface area contributed by atoms with Crippen molar-refractivity contribution >= 4 is 15.9 Å². The first kappa shape index (κ1) is 21.3. The second-order valence-corrected chi connectivity index (χ2v) is 9.09. The average Bonchev–Trinajstić information content (AvgIpc) is 2.72. The molecule has 3 rings (SSSR count). The smallest absolute Gasteiger partial charge is 0.246 e. The van der Waals surface area contributed by atoms with Crippen LogP contribution in [0.3, 0.4) is 0 Å². The summed E-state index contributed by atoms with van der Waals surface area (Å²) in [5.41, 5.74) is 2.15. The van der Waals surface area contributed by atoms with Gasteiger partial charge in [0.1, 0.15) is 16.5 Å². The number of ether oxygens (including phenoxy) is 1. The maximum atomic E-state index is 13.6. The van der Waals surface area contributed by atoms with E-state index < -0.39 is 15.8 Å². The van der Waals surface area contributed by atoms with Crippen molar-refractivity contribution in [3.63, 3.8) is 0 Å². The van der Waals surface area contributed by atoms with Gasteiger partial charge in [-0.3, -0.25) is 4.79 Å². The van der Waals surface area contributed by atoms with E-state index in [1.807, 2.05) is 31.2 Å². The zero-order valence-electron chi connectivity index (χ0n) is 16.5. The fourth-order valence-electron chi connectivity index (χ4n) is 3.51. The first-order valence-electron chi connectivity index (χ1n) is 9.48. The topological polar surface area (TPSA) is 75.7 Å². The van der Waals surface area contributed by atoms with Crippen molar-refractivity contribution in [1.82, 2.24) is 9.62 Å². The molecule has 1 N–H and O–H groups in total. The molecular weight excluding hydrogens is 395 g/mol. The predicted molar refractivity (Wildman–Crippen MR) is 107 cm³/mol. The number of methoxy groups -OCH3 is 1. The van der Waals surface area contributed by atoms with E-state index in [4.69, 9.17) is 4.74 Å². The third-order valence-electron chi connectivity index (χ3n) is 5.12. The van der Waals surface area contributed by atoms with Gasteiger partial charge in [-0.2, -0.15) is 4.31 Å². The molecular formula is C21H25FN2O4S. The van der Waals surface area contributed by atoms with Gasteiger partial charge < -0.3 is 10.1 Å². The Morgan fingerprint density at radius 3 is 2.59 bits per heavy atom. The van der Waals surface area contributed by atoms with E-state index in [9.17, 15) is 17.6 Å². The molecule has 2 aromatic carbocycles. The van der Waals surface area contributed by atoms with Crippen molar-refractivity contribution < 1.29 is 22.3 Å². The number of hydrogen-bond donors (Lipinski definition) is 1. The van der Waals surface area contributed by atoms with Crippen LogP contribution in [0.15, 0.2) is 47.4 Å². The Morgan fingerprint density at radius 1 is 1.21 bits per heavy atom. The zero-order chi connectivity index (χ0) is 21.0. The van der Waals surface area contributed by atoms with Crippen molar-refractivity contribution in [1.29, 1.82) is 0 Å².